The summed E-state index contributed by atoms with van der Waals surface area (Å²) in [5.74, 6) is 0.270. The van der Waals surface area contributed by atoms with E-state index in [4.69, 9.17) is 11.6 Å². The molecule has 0 bridgehead atoms. The molecule has 0 saturated carbocycles. The first-order valence-corrected chi connectivity index (χ1v) is 7.05. The van der Waals surface area contributed by atoms with Crippen molar-refractivity contribution >= 4 is 28.6 Å². The van der Waals surface area contributed by atoms with Gasteiger partial charge in [-0.05, 0) is 25.1 Å². The van der Waals surface area contributed by atoms with Crippen LogP contribution in [0.5, 0.6) is 5.75 Å². The summed E-state index contributed by atoms with van der Waals surface area (Å²) < 4.78 is 2.06. The minimum Gasteiger partial charge on any atom is -0.507 e. The van der Waals surface area contributed by atoms with Crippen LogP contribution in [0, 0.1) is 0 Å². The highest BCUT2D eigenvalue weighted by molar-refractivity contribution is 6.30. The minimum absolute atomic E-state index is 0.270. The van der Waals surface area contributed by atoms with Crippen LogP contribution in [0.3, 0.4) is 0 Å². The van der Waals surface area contributed by atoms with Crippen LogP contribution in [0.4, 0.5) is 0 Å². The van der Waals surface area contributed by atoms with Crippen molar-refractivity contribution in [3.63, 3.8) is 0 Å². The van der Waals surface area contributed by atoms with Gasteiger partial charge in [-0.3, -0.25) is 0 Å². The molecule has 2 heterocycles. The Balaban J connectivity index is 2.31. The smallest absolute Gasteiger partial charge is 0.129 e. The van der Waals surface area contributed by atoms with Crippen molar-refractivity contribution in [3.8, 4) is 17.0 Å². The lowest BCUT2D eigenvalue weighted by atomic mass is 10.0. The minimum atomic E-state index is 0.270. The number of rotatable bonds is 2. The van der Waals surface area contributed by atoms with Gasteiger partial charge in [0.1, 0.15) is 10.9 Å². The first-order valence-electron chi connectivity index (χ1n) is 6.68. The topological polar surface area (TPSA) is 38.1 Å². The summed E-state index contributed by atoms with van der Waals surface area (Å²) in [5, 5.41) is 11.6. The van der Waals surface area contributed by atoms with E-state index in [0.29, 0.717) is 5.15 Å². The quantitative estimate of drug-likeness (QED) is 0.700. The van der Waals surface area contributed by atoms with Gasteiger partial charge in [-0.2, -0.15) is 0 Å². The van der Waals surface area contributed by atoms with E-state index in [1.807, 2.05) is 44.3 Å². The van der Waals surface area contributed by atoms with E-state index in [9.17, 15) is 5.11 Å². The first-order chi connectivity index (χ1) is 10.1. The molecule has 4 heteroatoms. The summed E-state index contributed by atoms with van der Waals surface area (Å²) in [5.41, 5.74) is 3.80. The predicted octanol–water partition coefficient (Wildman–Crippen LogP) is 4.63. The molecule has 0 fully saturated rings. The van der Waals surface area contributed by atoms with Crippen molar-refractivity contribution in [3.05, 3.63) is 53.3 Å². The molecule has 0 aliphatic heterocycles. The molecule has 0 unspecified atom stereocenters. The highest BCUT2D eigenvalue weighted by Gasteiger charge is 2.13. The number of allylic oxidation sites excluding steroid dienone is 1. The van der Waals surface area contributed by atoms with Crippen LogP contribution >= 0.6 is 11.6 Å². The highest BCUT2D eigenvalue weighted by atomic mass is 35.5. The second kappa shape index (κ2) is 5.26. The fourth-order valence-corrected chi connectivity index (χ4v) is 2.75. The number of aryl methyl sites for hydroxylation is 1. The maximum atomic E-state index is 10.1. The molecule has 3 rings (SSSR count). The van der Waals surface area contributed by atoms with E-state index in [1.54, 1.807) is 12.3 Å². The number of phenols is 1. The number of halogens is 1. The Labute approximate surface area is 128 Å². The fraction of sp³-hybridized carbons (Fsp3) is 0.118. The van der Waals surface area contributed by atoms with Gasteiger partial charge in [0, 0.05) is 29.3 Å². The standard InChI is InChI=1S/C17H15ClN2O/c1-3-5-13-12(6-4-7-16(13)21)14-8-11-9-17(18)19-10-15(11)20(14)2/h3-10,21H,1-2H3. The van der Waals surface area contributed by atoms with E-state index in [-0.39, 0.29) is 5.75 Å². The Bertz CT molecular complexity index is 849. The molecule has 0 amide bonds. The van der Waals surface area contributed by atoms with Crippen molar-refractivity contribution in [2.45, 2.75) is 6.92 Å². The third-order valence-corrected chi connectivity index (χ3v) is 3.79. The van der Waals surface area contributed by atoms with Gasteiger partial charge in [0.25, 0.3) is 0 Å². The summed E-state index contributed by atoms with van der Waals surface area (Å²) >= 11 is 5.96. The zero-order valence-electron chi connectivity index (χ0n) is 11.8. The van der Waals surface area contributed by atoms with Gasteiger partial charge in [-0.15, -0.1) is 0 Å². The predicted molar refractivity (Wildman–Crippen MR) is 87.5 cm³/mol. The van der Waals surface area contributed by atoms with Crippen LogP contribution in [0.2, 0.25) is 5.15 Å². The monoisotopic (exact) mass is 298 g/mol. The molecule has 0 spiro atoms. The molecule has 0 radical (unpaired) electrons. The number of aromatic nitrogens is 2. The first kappa shape index (κ1) is 13.7. The van der Waals surface area contributed by atoms with Crippen LogP contribution in [-0.4, -0.2) is 14.7 Å². The third kappa shape index (κ3) is 2.30. The van der Waals surface area contributed by atoms with Crippen LogP contribution in [0.1, 0.15) is 12.5 Å². The van der Waals surface area contributed by atoms with Gasteiger partial charge in [0.2, 0.25) is 0 Å². The van der Waals surface area contributed by atoms with E-state index in [2.05, 4.69) is 15.6 Å². The number of pyridine rings is 1. The molecule has 21 heavy (non-hydrogen) atoms. The molecule has 3 aromatic rings. The summed E-state index contributed by atoms with van der Waals surface area (Å²) in [6.45, 7) is 1.93. The van der Waals surface area contributed by atoms with Crippen LogP contribution in [-0.2, 0) is 7.05 Å². The number of benzene rings is 1. The Morgan fingerprint density at radius 3 is 2.86 bits per heavy atom. The van der Waals surface area contributed by atoms with Crippen LogP contribution in [0.25, 0.3) is 28.2 Å². The number of hydrogen-bond acceptors (Lipinski definition) is 2. The number of phenolic OH excluding ortho intramolecular Hbond substituents is 1. The molecule has 0 saturated heterocycles. The Hall–Kier alpha value is -2.26. The van der Waals surface area contributed by atoms with Gasteiger partial charge in [-0.1, -0.05) is 35.9 Å². The SMILES string of the molecule is CC=Cc1c(O)cccc1-c1cc2cc(Cl)ncc2n1C. The lowest BCUT2D eigenvalue weighted by Gasteiger charge is -2.09. The van der Waals surface area contributed by atoms with E-state index < -0.39 is 0 Å². The summed E-state index contributed by atoms with van der Waals surface area (Å²) in [7, 11) is 1.98. The summed E-state index contributed by atoms with van der Waals surface area (Å²) in [6.07, 6.45) is 5.59. The van der Waals surface area contributed by atoms with Gasteiger partial charge in [-0.25, -0.2) is 4.98 Å². The molecule has 0 aliphatic carbocycles. The molecule has 0 aliphatic rings. The average molecular weight is 299 g/mol. The number of fused-ring (bicyclic) bond motifs is 1. The second-order valence-electron chi connectivity index (χ2n) is 4.89. The number of aromatic hydroxyl groups is 1. The van der Waals surface area contributed by atoms with E-state index in [1.165, 1.54) is 0 Å². The van der Waals surface area contributed by atoms with E-state index in [0.717, 1.165) is 27.7 Å². The lowest BCUT2D eigenvalue weighted by Crippen LogP contribution is -1.93. The molecule has 3 nitrogen and oxygen atoms in total. The van der Waals surface area contributed by atoms with Gasteiger partial charge in [0.05, 0.1) is 11.7 Å². The van der Waals surface area contributed by atoms with Crippen molar-refractivity contribution < 1.29 is 5.11 Å². The number of hydrogen-bond donors (Lipinski definition) is 1. The fourth-order valence-electron chi connectivity index (χ4n) is 2.58. The maximum Gasteiger partial charge on any atom is 0.129 e. The van der Waals surface area contributed by atoms with Crippen molar-refractivity contribution in [2.75, 3.05) is 0 Å². The summed E-state index contributed by atoms with van der Waals surface area (Å²) in [4.78, 5) is 4.13. The van der Waals surface area contributed by atoms with Crippen molar-refractivity contribution in [1.82, 2.24) is 9.55 Å². The van der Waals surface area contributed by atoms with Crippen molar-refractivity contribution in [2.24, 2.45) is 7.05 Å². The molecular weight excluding hydrogens is 284 g/mol. The van der Waals surface area contributed by atoms with Gasteiger partial charge < -0.3 is 9.67 Å². The molecular formula is C17H15ClN2O. The molecule has 2 aromatic heterocycles. The summed E-state index contributed by atoms with van der Waals surface area (Å²) in [6, 6.07) is 9.45. The number of nitrogens with zero attached hydrogens (tertiary/aromatic N) is 2. The Morgan fingerprint density at radius 2 is 2.10 bits per heavy atom. The molecule has 0 atom stereocenters. The molecule has 1 aromatic carbocycles. The van der Waals surface area contributed by atoms with Crippen LogP contribution in [0.15, 0.2) is 42.6 Å². The van der Waals surface area contributed by atoms with E-state index >= 15 is 0 Å². The lowest BCUT2D eigenvalue weighted by molar-refractivity contribution is 0.474. The normalized spacial score (nSPS) is 11.6. The van der Waals surface area contributed by atoms with Gasteiger partial charge in [0.15, 0.2) is 0 Å². The zero-order chi connectivity index (χ0) is 15.0. The Morgan fingerprint density at radius 1 is 1.29 bits per heavy atom. The highest BCUT2D eigenvalue weighted by Crippen LogP contribution is 2.34. The molecule has 106 valence electrons. The van der Waals surface area contributed by atoms with Crippen molar-refractivity contribution in [1.29, 1.82) is 0 Å². The van der Waals surface area contributed by atoms with Gasteiger partial charge >= 0.3 is 0 Å². The molecule has 1 N–H and O–H groups in total. The largest absolute Gasteiger partial charge is 0.507 e. The average Bonchev–Trinajstić information content (AvgIpc) is 2.78. The second-order valence-corrected chi connectivity index (χ2v) is 5.28. The third-order valence-electron chi connectivity index (χ3n) is 3.59. The zero-order valence-corrected chi connectivity index (χ0v) is 12.6. The van der Waals surface area contributed by atoms with Crippen LogP contribution < -0.4 is 0 Å². The Kier molecular flexibility index (Phi) is 3.43. The maximum absolute atomic E-state index is 10.1.